The number of benzene rings is 1. The lowest BCUT2D eigenvalue weighted by molar-refractivity contribution is -0.114. The number of carbonyl (C=O) groups excluding carboxylic acids is 1. The van der Waals surface area contributed by atoms with Crippen molar-refractivity contribution >= 4 is 31.5 Å². The summed E-state index contributed by atoms with van der Waals surface area (Å²) in [5.41, 5.74) is 0.285. The third kappa shape index (κ3) is 4.30. The summed E-state index contributed by atoms with van der Waals surface area (Å²) in [6.07, 6.45) is 1.27. The third-order valence-corrected chi connectivity index (χ3v) is 5.92. The number of sulfonamides is 1. The van der Waals surface area contributed by atoms with Crippen molar-refractivity contribution in [1.29, 1.82) is 0 Å². The first kappa shape index (κ1) is 17.4. The highest BCUT2D eigenvalue weighted by atomic mass is 32.2. The minimum absolute atomic E-state index is 0.0800. The topological polar surface area (TPSA) is 119 Å². The van der Waals surface area contributed by atoms with Crippen molar-refractivity contribution in [3.05, 3.63) is 29.7 Å². The van der Waals surface area contributed by atoms with Gasteiger partial charge in [0.1, 0.15) is 10.6 Å². The summed E-state index contributed by atoms with van der Waals surface area (Å²) in [4.78, 5) is 10.9. The van der Waals surface area contributed by atoms with Gasteiger partial charge < -0.3 is 10.1 Å². The molecule has 0 fully saturated rings. The first-order valence-corrected chi connectivity index (χ1v) is 9.72. The molecule has 1 amide bonds. The van der Waals surface area contributed by atoms with Gasteiger partial charge in [-0.2, -0.15) is 0 Å². The Morgan fingerprint density at radius 3 is 2.57 bits per heavy atom. The van der Waals surface area contributed by atoms with Crippen LogP contribution in [-0.2, 0) is 24.7 Å². The molecule has 0 saturated carbocycles. The maximum atomic E-state index is 12.5. The number of carbonyl (C=O) groups is 1. The molecule has 1 aliphatic heterocycles. The molecule has 2 N–H and O–H groups in total. The molecule has 0 aliphatic carbocycles. The Balaban J connectivity index is 2.34. The summed E-state index contributed by atoms with van der Waals surface area (Å²) in [7, 11) is -6.11. The Morgan fingerprint density at radius 2 is 2.04 bits per heavy atom. The zero-order valence-electron chi connectivity index (χ0n) is 12.4. The standard InChI is InChI=1S/C13H16N2O6S2/c1-9(16)14-10-3-4-12(21-2)13(7-10)23(19,20)15-11-5-6-22(17,18)8-11/h3-7,11,15H,8H2,1-2H3,(H,14,16)/t11-/m1/s1. The van der Waals surface area contributed by atoms with Crippen molar-refractivity contribution in [2.75, 3.05) is 18.2 Å². The fourth-order valence-corrected chi connectivity index (χ4v) is 4.81. The van der Waals surface area contributed by atoms with Crippen molar-refractivity contribution in [3.63, 3.8) is 0 Å². The van der Waals surface area contributed by atoms with Gasteiger partial charge in [0.05, 0.1) is 18.9 Å². The number of amides is 1. The van der Waals surface area contributed by atoms with E-state index in [2.05, 4.69) is 10.0 Å². The van der Waals surface area contributed by atoms with Gasteiger partial charge >= 0.3 is 0 Å². The van der Waals surface area contributed by atoms with Crippen molar-refractivity contribution in [1.82, 2.24) is 4.72 Å². The van der Waals surface area contributed by atoms with Gasteiger partial charge in [-0.05, 0) is 18.2 Å². The van der Waals surface area contributed by atoms with Crippen LogP contribution in [0.2, 0.25) is 0 Å². The SMILES string of the molecule is COc1ccc(NC(C)=O)cc1S(=O)(=O)N[C@@H]1C=CS(=O)(=O)C1. The summed E-state index contributed by atoms with van der Waals surface area (Å²) in [5.74, 6) is -0.604. The Bertz CT molecular complexity index is 858. The third-order valence-electron chi connectivity index (χ3n) is 3.01. The Morgan fingerprint density at radius 1 is 1.35 bits per heavy atom. The summed E-state index contributed by atoms with van der Waals surface area (Å²) in [5, 5.41) is 3.46. The van der Waals surface area contributed by atoms with E-state index in [9.17, 15) is 21.6 Å². The first-order chi connectivity index (χ1) is 10.6. The molecule has 10 heteroatoms. The van der Waals surface area contributed by atoms with Crippen LogP contribution < -0.4 is 14.8 Å². The van der Waals surface area contributed by atoms with Gasteiger partial charge in [0.15, 0.2) is 9.84 Å². The molecule has 0 bridgehead atoms. The van der Waals surface area contributed by atoms with Gasteiger partial charge in [-0.25, -0.2) is 21.6 Å². The number of sulfone groups is 1. The normalized spacial score (nSPS) is 19.5. The average Bonchev–Trinajstić information content (AvgIpc) is 2.76. The van der Waals surface area contributed by atoms with Crippen LogP contribution in [0.25, 0.3) is 0 Å². The molecule has 23 heavy (non-hydrogen) atoms. The second-order valence-corrected chi connectivity index (χ2v) is 8.55. The van der Waals surface area contributed by atoms with Crippen molar-refractivity contribution in [3.8, 4) is 5.75 Å². The van der Waals surface area contributed by atoms with Gasteiger partial charge in [0.2, 0.25) is 15.9 Å². The van der Waals surface area contributed by atoms with Gasteiger partial charge in [-0.15, -0.1) is 0 Å². The Kier molecular flexibility index (Phi) is 4.78. The van der Waals surface area contributed by atoms with Gasteiger partial charge in [0, 0.05) is 18.0 Å². The van der Waals surface area contributed by atoms with E-state index in [1.165, 1.54) is 38.3 Å². The number of anilines is 1. The van der Waals surface area contributed by atoms with E-state index in [4.69, 9.17) is 4.74 Å². The lowest BCUT2D eigenvalue weighted by Crippen LogP contribution is -2.35. The van der Waals surface area contributed by atoms with E-state index < -0.39 is 25.9 Å². The van der Waals surface area contributed by atoms with Crippen LogP contribution in [0.5, 0.6) is 5.75 Å². The van der Waals surface area contributed by atoms with E-state index in [0.717, 1.165) is 5.41 Å². The van der Waals surface area contributed by atoms with E-state index in [1.807, 2.05) is 0 Å². The van der Waals surface area contributed by atoms with Gasteiger partial charge in [0.25, 0.3) is 0 Å². The smallest absolute Gasteiger partial charge is 0.244 e. The number of methoxy groups -OCH3 is 1. The van der Waals surface area contributed by atoms with Crippen LogP contribution in [0.3, 0.4) is 0 Å². The summed E-state index contributed by atoms with van der Waals surface area (Å²) >= 11 is 0. The van der Waals surface area contributed by atoms with Crippen LogP contribution in [0, 0.1) is 0 Å². The van der Waals surface area contributed by atoms with E-state index >= 15 is 0 Å². The maximum absolute atomic E-state index is 12.5. The lowest BCUT2D eigenvalue weighted by atomic mass is 10.3. The van der Waals surface area contributed by atoms with Gasteiger partial charge in [-0.1, -0.05) is 6.08 Å². The number of rotatable bonds is 5. The molecule has 1 aliphatic rings. The minimum Gasteiger partial charge on any atom is -0.495 e. The molecule has 1 atom stereocenters. The number of nitrogens with one attached hydrogen (secondary N) is 2. The Hall–Kier alpha value is -1.91. The summed E-state index contributed by atoms with van der Waals surface area (Å²) < 4.78 is 55.0. The highest BCUT2D eigenvalue weighted by molar-refractivity contribution is 7.94. The van der Waals surface area contributed by atoms with Crippen molar-refractivity contribution in [2.45, 2.75) is 17.9 Å². The van der Waals surface area contributed by atoms with Gasteiger partial charge in [-0.3, -0.25) is 4.79 Å². The molecule has 0 radical (unpaired) electrons. The lowest BCUT2D eigenvalue weighted by Gasteiger charge is -2.15. The van der Waals surface area contributed by atoms with E-state index in [1.54, 1.807) is 0 Å². The van der Waals surface area contributed by atoms with Crippen LogP contribution in [0.1, 0.15) is 6.92 Å². The second kappa shape index (κ2) is 6.30. The zero-order valence-corrected chi connectivity index (χ0v) is 14.1. The van der Waals surface area contributed by atoms with Crippen molar-refractivity contribution in [2.24, 2.45) is 0 Å². The molecule has 0 spiro atoms. The predicted octanol–water partition coefficient (Wildman–Crippen LogP) is 0.243. The minimum atomic E-state index is -4.04. The van der Waals surface area contributed by atoms with E-state index in [0.29, 0.717) is 0 Å². The molecular formula is C13H16N2O6S2. The molecular weight excluding hydrogens is 344 g/mol. The molecule has 0 aromatic heterocycles. The number of hydrogen-bond donors (Lipinski definition) is 2. The molecule has 1 aromatic carbocycles. The van der Waals surface area contributed by atoms with Crippen LogP contribution in [0.15, 0.2) is 34.6 Å². The fourth-order valence-electron chi connectivity index (χ4n) is 2.08. The largest absolute Gasteiger partial charge is 0.495 e. The molecule has 0 unspecified atom stereocenters. The van der Waals surface area contributed by atoms with Crippen LogP contribution >= 0.6 is 0 Å². The molecule has 2 rings (SSSR count). The summed E-state index contributed by atoms with van der Waals surface area (Å²) in [6, 6.07) is 3.30. The molecule has 0 saturated heterocycles. The average molecular weight is 360 g/mol. The predicted molar refractivity (Wildman–Crippen MR) is 84.3 cm³/mol. The van der Waals surface area contributed by atoms with Crippen molar-refractivity contribution < 1.29 is 26.4 Å². The zero-order chi connectivity index (χ0) is 17.3. The van der Waals surface area contributed by atoms with Crippen LogP contribution in [-0.4, -0.2) is 41.6 Å². The molecule has 126 valence electrons. The molecule has 8 nitrogen and oxygen atoms in total. The summed E-state index contributed by atoms with van der Waals surface area (Å²) in [6.45, 7) is 1.30. The number of hydrogen-bond acceptors (Lipinski definition) is 6. The number of ether oxygens (including phenoxy) is 1. The molecule has 1 aromatic rings. The maximum Gasteiger partial charge on any atom is 0.244 e. The Labute approximate surface area is 134 Å². The monoisotopic (exact) mass is 360 g/mol. The van der Waals surface area contributed by atoms with E-state index in [-0.39, 0.29) is 28.0 Å². The fraction of sp³-hybridized carbons (Fsp3) is 0.308. The highest BCUT2D eigenvalue weighted by Crippen LogP contribution is 2.27. The first-order valence-electron chi connectivity index (χ1n) is 6.52. The molecule has 1 heterocycles. The second-order valence-electron chi connectivity index (χ2n) is 4.93. The van der Waals surface area contributed by atoms with Crippen LogP contribution in [0.4, 0.5) is 5.69 Å². The quantitative estimate of drug-likeness (QED) is 0.776. The highest BCUT2D eigenvalue weighted by Gasteiger charge is 2.28.